The van der Waals surface area contributed by atoms with Gasteiger partial charge in [0.2, 0.25) is 0 Å². The zero-order valence-corrected chi connectivity index (χ0v) is 9.63. The van der Waals surface area contributed by atoms with E-state index in [1.54, 1.807) is 0 Å². The molecule has 0 radical (unpaired) electrons. The standard InChI is InChI=1S/C11H8ClF3O3/c12-5-1-2-7-3-4-8(10(16)17)9(6-7)18-11(13,14)15/h1-4,6H,5H2,(H,16,17). The SMILES string of the molecule is O=C(O)c1ccc(C=CCCl)cc1OC(F)(F)F. The number of alkyl halides is 4. The van der Waals surface area contributed by atoms with Gasteiger partial charge in [-0.2, -0.15) is 0 Å². The summed E-state index contributed by atoms with van der Waals surface area (Å²) in [5.41, 5.74) is -0.199. The van der Waals surface area contributed by atoms with Crippen LogP contribution in [0.15, 0.2) is 24.3 Å². The van der Waals surface area contributed by atoms with Gasteiger partial charge in [-0.05, 0) is 17.7 Å². The lowest BCUT2D eigenvalue weighted by Crippen LogP contribution is -2.19. The molecule has 0 saturated carbocycles. The van der Waals surface area contributed by atoms with Crippen LogP contribution in [0, 0.1) is 0 Å². The summed E-state index contributed by atoms with van der Waals surface area (Å²) in [7, 11) is 0. The predicted molar refractivity (Wildman–Crippen MR) is 59.8 cm³/mol. The Morgan fingerprint density at radius 2 is 2.11 bits per heavy atom. The number of hydrogen-bond donors (Lipinski definition) is 1. The molecule has 1 aromatic rings. The summed E-state index contributed by atoms with van der Waals surface area (Å²) in [4.78, 5) is 10.7. The van der Waals surface area contributed by atoms with Gasteiger partial charge in [-0.15, -0.1) is 24.8 Å². The lowest BCUT2D eigenvalue weighted by Gasteiger charge is -2.11. The average molecular weight is 281 g/mol. The average Bonchev–Trinajstić information content (AvgIpc) is 2.23. The zero-order valence-electron chi connectivity index (χ0n) is 8.87. The van der Waals surface area contributed by atoms with Crippen LogP contribution in [-0.2, 0) is 0 Å². The fourth-order valence-corrected chi connectivity index (χ4v) is 1.30. The maximum atomic E-state index is 12.1. The van der Waals surface area contributed by atoms with E-state index >= 15 is 0 Å². The number of aromatic carboxylic acids is 1. The van der Waals surface area contributed by atoms with Gasteiger partial charge in [0.05, 0.1) is 0 Å². The predicted octanol–water partition coefficient (Wildman–Crippen LogP) is 3.54. The molecule has 18 heavy (non-hydrogen) atoms. The van der Waals surface area contributed by atoms with E-state index in [1.165, 1.54) is 18.2 Å². The minimum Gasteiger partial charge on any atom is -0.478 e. The number of benzene rings is 1. The van der Waals surface area contributed by atoms with E-state index in [1.807, 2.05) is 0 Å². The minimum atomic E-state index is -4.95. The Kier molecular flexibility index (Phi) is 4.61. The number of rotatable bonds is 4. The van der Waals surface area contributed by atoms with Crippen LogP contribution in [0.5, 0.6) is 5.75 Å². The molecule has 1 aromatic carbocycles. The van der Waals surface area contributed by atoms with Crippen LogP contribution in [-0.4, -0.2) is 23.3 Å². The fraction of sp³-hybridized carbons (Fsp3) is 0.182. The molecular weight excluding hydrogens is 273 g/mol. The molecule has 0 spiro atoms. The summed E-state index contributed by atoms with van der Waals surface area (Å²) >= 11 is 5.39. The third-order valence-electron chi connectivity index (χ3n) is 1.86. The first-order chi connectivity index (χ1) is 8.33. The molecule has 0 bridgehead atoms. The van der Waals surface area contributed by atoms with Crippen molar-refractivity contribution in [2.45, 2.75) is 6.36 Å². The Labute approximate surface area is 105 Å². The van der Waals surface area contributed by atoms with Crippen LogP contribution in [0.2, 0.25) is 0 Å². The number of allylic oxidation sites excluding steroid dienone is 1. The molecule has 0 heterocycles. The lowest BCUT2D eigenvalue weighted by molar-refractivity contribution is -0.274. The Bertz CT molecular complexity index is 469. The van der Waals surface area contributed by atoms with E-state index in [4.69, 9.17) is 16.7 Å². The highest BCUT2D eigenvalue weighted by atomic mass is 35.5. The van der Waals surface area contributed by atoms with E-state index in [0.717, 1.165) is 12.1 Å². The first kappa shape index (κ1) is 14.4. The molecule has 1 N–H and O–H groups in total. The van der Waals surface area contributed by atoms with E-state index in [0.29, 0.717) is 5.56 Å². The fourth-order valence-electron chi connectivity index (χ4n) is 1.21. The van der Waals surface area contributed by atoms with Crippen molar-refractivity contribution in [2.24, 2.45) is 0 Å². The Morgan fingerprint density at radius 3 is 2.61 bits per heavy atom. The van der Waals surface area contributed by atoms with Gasteiger partial charge in [0.25, 0.3) is 0 Å². The number of carbonyl (C=O) groups is 1. The second kappa shape index (κ2) is 5.77. The summed E-state index contributed by atoms with van der Waals surface area (Å²) in [6, 6.07) is 3.38. The lowest BCUT2D eigenvalue weighted by atomic mass is 10.1. The molecule has 0 aliphatic carbocycles. The normalized spacial score (nSPS) is 11.8. The summed E-state index contributed by atoms with van der Waals surface area (Å²) in [5, 5.41) is 8.74. The van der Waals surface area contributed by atoms with Crippen LogP contribution in [0.3, 0.4) is 0 Å². The van der Waals surface area contributed by atoms with Crippen molar-refractivity contribution in [3.05, 3.63) is 35.4 Å². The molecule has 7 heteroatoms. The summed E-state index contributed by atoms with van der Waals surface area (Å²) in [5.74, 6) is -2.07. The maximum absolute atomic E-state index is 12.1. The molecule has 3 nitrogen and oxygen atoms in total. The summed E-state index contributed by atoms with van der Waals surface area (Å²) < 4.78 is 40.0. The number of halogens is 4. The highest BCUT2D eigenvalue weighted by molar-refractivity contribution is 6.19. The van der Waals surface area contributed by atoms with Crippen LogP contribution in [0.4, 0.5) is 13.2 Å². The minimum absolute atomic E-state index is 0.191. The topological polar surface area (TPSA) is 46.5 Å². The van der Waals surface area contributed by atoms with Crippen molar-refractivity contribution in [3.63, 3.8) is 0 Å². The molecule has 0 atom stereocenters. The molecule has 1 rings (SSSR count). The quantitative estimate of drug-likeness (QED) is 0.858. The highest BCUT2D eigenvalue weighted by Crippen LogP contribution is 2.28. The number of carboxylic acids is 1. The van der Waals surface area contributed by atoms with Crippen molar-refractivity contribution in [2.75, 3.05) is 5.88 Å². The summed E-state index contributed by atoms with van der Waals surface area (Å²) in [6.45, 7) is 0. The van der Waals surface area contributed by atoms with Gasteiger partial charge in [0.15, 0.2) is 0 Å². The van der Waals surface area contributed by atoms with E-state index in [-0.39, 0.29) is 5.88 Å². The molecule has 0 aliphatic rings. The van der Waals surface area contributed by atoms with Crippen molar-refractivity contribution < 1.29 is 27.8 Å². The summed E-state index contributed by atoms with van der Waals surface area (Å²) in [6.07, 6.45) is -1.98. The number of carboxylic acid groups (broad SMARTS) is 1. The first-order valence-electron chi connectivity index (χ1n) is 4.69. The van der Waals surface area contributed by atoms with Gasteiger partial charge < -0.3 is 9.84 Å². The maximum Gasteiger partial charge on any atom is 0.573 e. The molecule has 0 amide bonds. The van der Waals surface area contributed by atoms with Crippen LogP contribution >= 0.6 is 11.6 Å². The van der Waals surface area contributed by atoms with Crippen molar-refractivity contribution >= 4 is 23.6 Å². The number of hydrogen-bond acceptors (Lipinski definition) is 2. The van der Waals surface area contributed by atoms with Crippen molar-refractivity contribution in [1.29, 1.82) is 0 Å². The molecular formula is C11H8ClF3O3. The van der Waals surface area contributed by atoms with Gasteiger partial charge in [0.1, 0.15) is 11.3 Å². The molecule has 98 valence electrons. The monoisotopic (exact) mass is 280 g/mol. The molecule has 0 aliphatic heterocycles. The third-order valence-corrected chi connectivity index (χ3v) is 2.04. The van der Waals surface area contributed by atoms with E-state index < -0.39 is 23.6 Å². The zero-order chi connectivity index (χ0) is 13.8. The van der Waals surface area contributed by atoms with E-state index in [9.17, 15) is 18.0 Å². The van der Waals surface area contributed by atoms with E-state index in [2.05, 4.69) is 4.74 Å². The molecule has 0 unspecified atom stereocenters. The number of ether oxygens (including phenoxy) is 1. The Hall–Kier alpha value is -1.69. The first-order valence-corrected chi connectivity index (χ1v) is 5.22. The van der Waals surface area contributed by atoms with Crippen molar-refractivity contribution in [3.8, 4) is 5.75 Å². The largest absolute Gasteiger partial charge is 0.573 e. The smallest absolute Gasteiger partial charge is 0.478 e. The highest BCUT2D eigenvalue weighted by Gasteiger charge is 2.33. The Balaban J connectivity index is 3.15. The molecule has 0 saturated heterocycles. The molecule has 0 fully saturated rings. The van der Waals surface area contributed by atoms with Crippen LogP contribution in [0.25, 0.3) is 6.08 Å². The van der Waals surface area contributed by atoms with Gasteiger partial charge >= 0.3 is 12.3 Å². The van der Waals surface area contributed by atoms with Crippen LogP contribution < -0.4 is 4.74 Å². The van der Waals surface area contributed by atoms with Gasteiger partial charge in [0, 0.05) is 5.88 Å². The Morgan fingerprint density at radius 1 is 1.44 bits per heavy atom. The van der Waals surface area contributed by atoms with Gasteiger partial charge in [-0.25, -0.2) is 4.79 Å². The second-order valence-electron chi connectivity index (χ2n) is 3.17. The van der Waals surface area contributed by atoms with Crippen molar-refractivity contribution in [1.82, 2.24) is 0 Å². The van der Waals surface area contributed by atoms with Crippen LogP contribution in [0.1, 0.15) is 15.9 Å². The molecule has 0 aromatic heterocycles. The van der Waals surface area contributed by atoms with Gasteiger partial charge in [-0.1, -0.05) is 18.2 Å². The second-order valence-corrected chi connectivity index (χ2v) is 3.47. The third kappa shape index (κ3) is 4.29. The van der Waals surface area contributed by atoms with Gasteiger partial charge in [-0.3, -0.25) is 0 Å².